The standard InChI is InChI=1S/C20H18N4O6S/c1-4-9-30-19(28)17-11(2)21-20(31-17)22-18(27)16-13(25)10-15(26)24(23-16)12-7-5-6-8-14(12)29-3/h4-8,10,25H,1,9H2,2-3H3,(H,21,22,27). The van der Waals surface area contributed by atoms with Crippen LogP contribution in [0.15, 0.2) is 47.8 Å². The van der Waals surface area contributed by atoms with Gasteiger partial charge in [0.05, 0.1) is 12.8 Å². The van der Waals surface area contributed by atoms with Gasteiger partial charge in [0.25, 0.3) is 11.5 Å². The summed E-state index contributed by atoms with van der Waals surface area (Å²) in [7, 11) is 1.43. The number of carbonyl (C=O) groups is 2. The predicted octanol–water partition coefficient (Wildman–Crippen LogP) is 2.31. The molecule has 2 N–H and O–H groups in total. The zero-order chi connectivity index (χ0) is 22.5. The highest BCUT2D eigenvalue weighted by atomic mass is 32.1. The lowest BCUT2D eigenvalue weighted by Crippen LogP contribution is -2.25. The number of aromatic hydroxyl groups is 1. The molecule has 0 fully saturated rings. The van der Waals surface area contributed by atoms with Crippen molar-refractivity contribution < 1.29 is 24.2 Å². The number of nitrogens with one attached hydrogen (secondary N) is 1. The quantitative estimate of drug-likeness (QED) is 0.421. The summed E-state index contributed by atoms with van der Waals surface area (Å²) < 4.78 is 11.1. The number of hydrogen-bond donors (Lipinski definition) is 2. The molecule has 3 aromatic rings. The van der Waals surface area contributed by atoms with E-state index in [4.69, 9.17) is 9.47 Å². The highest BCUT2D eigenvalue weighted by molar-refractivity contribution is 7.17. The number of ether oxygens (including phenoxy) is 2. The monoisotopic (exact) mass is 442 g/mol. The number of anilines is 1. The molecule has 0 spiro atoms. The number of esters is 1. The minimum absolute atomic E-state index is 0.0418. The summed E-state index contributed by atoms with van der Waals surface area (Å²) in [5, 5.41) is 16.7. The Labute approximate surface area is 180 Å². The number of benzene rings is 1. The van der Waals surface area contributed by atoms with Crippen molar-refractivity contribution in [1.82, 2.24) is 14.8 Å². The second kappa shape index (κ2) is 9.22. The van der Waals surface area contributed by atoms with E-state index in [0.29, 0.717) is 17.1 Å². The molecule has 11 heteroatoms. The molecule has 1 aromatic carbocycles. The lowest BCUT2D eigenvalue weighted by atomic mass is 10.3. The van der Waals surface area contributed by atoms with Gasteiger partial charge < -0.3 is 14.6 Å². The second-order valence-corrected chi connectivity index (χ2v) is 7.07. The zero-order valence-corrected chi connectivity index (χ0v) is 17.4. The topological polar surface area (TPSA) is 133 Å². The lowest BCUT2D eigenvalue weighted by molar-refractivity contribution is 0.0554. The summed E-state index contributed by atoms with van der Waals surface area (Å²) >= 11 is 0.907. The minimum atomic E-state index is -0.819. The number of hydrogen-bond acceptors (Lipinski definition) is 9. The Morgan fingerprint density at radius 3 is 2.81 bits per heavy atom. The fourth-order valence-corrected chi connectivity index (χ4v) is 3.44. The van der Waals surface area contributed by atoms with Crippen LogP contribution in [0.2, 0.25) is 0 Å². The maximum Gasteiger partial charge on any atom is 0.350 e. The Morgan fingerprint density at radius 2 is 2.10 bits per heavy atom. The number of aromatic nitrogens is 3. The summed E-state index contributed by atoms with van der Waals surface area (Å²) in [4.78, 5) is 41.4. The first-order valence-electron chi connectivity index (χ1n) is 8.89. The van der Waals surface area contributed by atoms with Gasteiger partial charge in [-0.1, -0.05) is 36.1 Å². The van der Waals surface area contributed by atoms with Crippen LogP contribution in [0.1, 0.15) is 25.9 Å². The largest absolute Gasteiger partial charge is 0.505 e. The van der Waals surface area contributed by atoms with E-state index in [0.717, 1.165) is 22.1 Å². The third-order valence-corrected chi connectivity index (χ3v) is 5.03. The smallest absolute Gasteiger partial charge is 0.350 e. The molecule has 3 rings (SSSR count). The highest BCUT2D eigenvalue weighted by Crippen LogP contribution is 2.25. The van der Waals surface area contributed by atoms with Gasteiger partial charge >= 0.3 is 5.97 Å². The molecule has 0 saturated heterocycles. The Hall–Kier alpha value is -3.99. The van der Waals surface area contributed by atoms with E-state index in [1.54, 1.807) is 31.2 Å². The van der Waals surface area contributed by atoms with Crippen molar-refractivity contribution in [2.45, 2.75) is 6.92 Å². The van der Waals surface area contributed by atoms with Crippen LogP contribution in [-0.2, 0) is 4.74 Å². The first kappa shape index (κ1) is 21.7. The zero-order valence-electron chi connectivity index (χ0n) is 16.6. The number of methoxy groups -OCH3 is 1. The fraction of sp³-hybridized carbons (Fsp3) is 0.150. The molecule has 2 heterocycles. The molecule has 0 bridgehead atoms. The molecule has 0 saturated carbocycles. The predicted molar refractivity (Wildman–Crippen MR) is 113 cm³/mol. The van der Waals surface area contributed by atoms with E-state index in [1.165, 1.54) is 13.2 Å². The van der Waals surface area contributed by atoms with E-state index in [9.17, 15) is 19.5 Å². The normalized spacial score (nSPS) is 10.4. The first-order valence-corrected chi connectivity index (χ1v) is 9.71. The molecular formula is C20H18N4O6S. The Balaban J connectivity index is 1.92. The van der Waals surface area contributed by atoms with Crippen molar-refractivity contribution in [3.05, 3.63) is 69.6 Å². The number of nitrogens with zero attached hydrogens (tertiary/aromatic N) is 3. The number of thiazole rings is 1. The summed E-state index contributed by atoms with van der Waals surface area (Å²) in [6.45, 7) is 5.11. The van der Waals surface area contributed by atoms with Gasteiger partial charge in [-0.2, -0.15) is 9.78 Å². The maximum atomic E-state index is 12.7. The van der Waals surface area contributed by atoms with E-state index in [2.05, 4.69) is 22.0 Å². The van der Waals surface area contributed by atoms with Crippen molar-refractivity contribution in [2.24, 2.45) is 0 Å². The Kier molecular flexibility index (Phi) is 6.46. The lowest BCUT2D eigenvalue weighted by Gasteiger charge is -2.11. The molecule has 2 aromatic heterocycles. The van der Waals surface area contributed by atoms with Gasteiger partial charge in [-0.25, -0.2) is 9.78 Å². The van der Waals surface area contributed by atoms with Gasteiger partial charge in [-0.3, -0.25) is 14.9 Å². The first-order chi connectivity index (χ1) is 14.8. The molecule has 0 unspecified atom stereocenters. The average molecular weight is 442 g/mol. The molecule has 160 valence electrons. The van der Waals surface area contributed by atoms with E-state index < -0.39 is 28.9 Å². The van der Waals surface area contributed by atoms with E-state index in [1.807, 2.05) is 0 Å². The van der Waals surface area contributed by atoms with E-state index in [-0.39, 0.29) is 16.6 Å². The molecule has 0 aliphatic carbocycles. The van der Waals surface area contributed by atoms with Crippen molar-refractivity contribution >= 4 is 28.3 Å². The summed E-state index contributed by atoms with van der Waals surface area (Å²) in [5.41, 5.74) is -0.406. The minimum Gasteiger partial charge on any atom is -0.505 e. The molecule has 1 amide bonds. The molecule has 31 heavy (non-hydrogen) atoms. The van der Waals surface area contributed by atoms with E-state index >= 15 is 0 Å². The van der Waals surface area contributed by atoms with Crippen molar-refractivity contribution in [3.8, 4) is 17.2 Å². The van der Waals surface area contributed by atoms with Gasteiger partial charge in [-0.05, 0) is 19.1 Å². The van der Waals surface area contributed by atoms with Crippen LogP contribution in [0.3, 0.4) is 0 Å². The van der Waals surface area contributed by atoms with Crippen molar-refractivity contribution in [2.75, 3.05) is 19.0 Å². The maximum absolute atomic E-state index is 12.7. The van der Waals surface area contributed by atoms with Crippen molar-refractivity contribution in [1.29, 1.82) is 0 Å². The number of amides is 1. The molecule has 0 aliphatic heterocycles. The highest BCUT2D eigenvalue weighted by Gasteiger charge is 2.22. The van der Waals surface area contributed by atoms with Gasteiger partial charge in [0.2, 0.25) is 0 Å². The fourth-order valence-electron chi connectivity index (χ4n) is 2.58. The van der Waals surface area contributed by atoms with Crippen LogP contribution >= 0.6 is 11.3 Å². The number of carbonyl (C=O) groups excluding carboxylic acids is 2. The van der Waals surface area contributed by atoms with Crippen LogP contribution in [-0.4, -0.2) is 45.5 Å². The summed E-state index contributed by atoms with van der Waals surface area (Å²) in [6.07, 6.45) is 1.43. The Bertz CT molecular complexity index is 1220. The van der Waals surface area contributed by atoms with Gasteiger partial charge in [0.1, 0.15) is 22.9 Å². The van der Waals surface area contributed by atoms with Crippen molar-refractivity contribution in [3.63, 3.8) is 0 Å². The van der Waals surface area contributed by atoms with Gasteiger partial charge in [0, 0.05) is 6.07 Å². The van der Waals surface area contributed by atoms with Crippen LogP contribution in [0.5, 0.6) is 11.5 Å². The van der Waals surface area contributed by atoms with Crippen LogP contribution in [0.4, 0.5) is 5.13 Å². The second-order valence-electron chi connectivity index (χ2n) is 6.07. The number of rotatable bonds is 7. The number of aryl methyl sites for hydroxylation is 1. The molecule has 0 radical (unpaired) electrons. The van der Waals surface area contributed by atoms with Crippen LogP contribution < -0.4 is 15.6 Å². The molecule has 10 nitrogen and oxygen atoms in total. The summed E-state index contributed by atoms with van der Waals surface area (Å²) in [6, 6.07) is 7.46. The summed E-state index contributed by atoms with van der Waals surface area (Å²) in [5.74, 6) is -1.66. The molecule has 0 aliphatic rings. The third kappa shape index (κ3) is 4.61. The van der Waals surface area contributed by atoms with Gasteiger partial charge in [0.15, 0.2) is 16.6 Å². The van der Waals surface area contributed by atoms with Crippen LogP contribution in [0, 0.1) is 6.92 Å². The molecular weight excluding hydrogens is 424 g/mol. The number of para-hydroxylation sites is 2. The van der Waals surface area contributed by atoms with Crippen LogP contribution in [0.25, 0.3) is 5.69 Å². The third-order valence-electron chi connectivity index (χ3n) is 3.97. The van der Waals surface area contributed by atoms with Gasteiger partial charge in [-0.15, -0.1) is 0 Å². The average Bonchev–Trinajstić information content (AvgIpc) is 3.12. The molecule has 0 atom stereocenters. The SMILES string of the molecule is C=CCOC(=O)c1sc(NC(=O)c2nn(-c3ccccc3OC)c(=O)cc2O)nc1C. The Morgan fingerprint density at radius 1 is 1.35 bits per heavy atom.